The quantitative estimate of drug-likeness (QED) is 0.763. The molecule has 0 atom stereocenters. The molecular formula is C16H19N3O2. The molecule has 21 heavy (non-hydrogen) atoms. The maximum atomic E-state index is 12.4. The number of benzene rings is 1. The van der Waals surface area contributed by atoms with E-state index in [1.165, 1.54) is 0 Å². The minimum atomic E-state index is -0.448. The number of amides is 2. The van der Waals surface area contributed by atoms with E-state index in [1.807, 2.05) is 12.1 Å². The summed E-state index contributed by atoms with van der Waals surface area (Å²) >= 11 is 0. The van der Waals surface area contributed by atoms with Crippen LogP contribution in [0.4, 0.5) is 5.69 Å². The van der Waals surface area contributed by atoms with Crippen molar-refractivity contribution >= 4 is 17.5 Å². The fraction of sp³-hybridized carbons (Fsp3) is 0.500. The molecule has 4 rings (SSSR count). The van der Waals surface area contributed by atoms with Gasteiger partial charge in [-0.05, 0) is 62.5 Å². The summed E-state index contributed by atoms with van der Waals surface area (Å²) in [4.78, 5) is 24.7. The van der Waals surface area contributed by atoms with Crippen LogP contribution >= 0.6 is 0 Å². The van der Waals surface area contributed by atoms with Crippen molar-refractivity contribution in [2.24, 2.45) is 0 Å². The topological polar surface area (TPSA) is 70.2 Å². The smallest absolute Gasteiger partial charge is 0.251 e. The van der Waals surface area contributed by atoms with E-state index in [0.717, 1.165) is 50.0 Å². The Kier molecular flexibility index (Phi) is 2.79. The molecule has 5 heteroatoms. The van der Waals surface area contributed by atoms with Gasteiger partial charge in [0.25, 0.3) is 5.91 Å². The van der Waals surface area contributed by atoms with E-state index in [0.29, 0.717) is 11.6 Å². The van der Waals surface area contributed by atoms with Gasteiger partial charge in [0.05, 0.1) is 5.41 Å². The van der Waals surface area contributed by atoms with Crippen molar-refractivity contribution in [2.75, 3.05) is 18.4 Å². The molecule has 110 valence electrons. The molecule has 0 aromatic heterocycles. The SMILES string of the molecule is O=C(NC1CC1)c1ccc2c(c1)C1(CCNCC1)C(=O)N2. The number of carbonyl (C=O) groups excluding carboxylic acids is 2. The van der Waals surface area contributed by atoms with E-state index in [9.17, 15) is 9.59 Å². The van der Waals surface area contributed by atoms with Gasteiger partial charge >= 0.3 is 0 Å². The molecule has 2 aliphatic heterocycles. The molecule has 2 amide bonds. The van der Waals surface area contributed by atoms with Crippen LogP contribution in [0, 0.1) is 0 Å². The minimum Gasteiger partial charge on any atom is -0.349 e. The molecule has 0 bridgehead atoms. The van der Waals surface area contributed by atoms with Crippen LogP contribution in [-0.2, 0) is 10.2 Å². The van der Waals surface area contributed by atoms with Crippen molar-refractivity contribution < 1.29 is 9.59 Å². The number of fused-ring (bicyclic) bond motifs is 2. The first-order valence-corrected chi connectivity index (χ1v) is 7.67. The van der Waals surface area contributed by atoms with Crippen molar-refractivity contribution in [3.05, 3.63) is 29.3 Å². The second-order valence-corrected chi connectivity index (χ2v) is 6.29. The van der Waals surface area contributed by atoms with Crippen molar-refractivity contribution in [3.8, 4) is 0 Å². The summed E-state index contributed by atoms with van der Waals surface area (Å²) in [6.45, 7) is 1.68. The van der Waals surface area contributed by atoms with E-state index in [-0.39, 0.29) is 11.8 Å². The Hall–Kier alpha value is -1.88. The second-order valence-electron chi connectivity index (χ2n) is 6.29. The van der Waals surface area contributed by atoms with Gasteiger partial charge in [-0.3, -0.25) is 9.59 Å². The van der Waals surface area contributed by atoms with E-state index < -0.39 is 5.41 Å². The summed E-state index contributed by atoms with van der Waals surface area (Å²) in [6, 6.07) is 5.93. The summed E-state index contributed by atoms with van der Waals surface area (Å²) in [5, 5.41) is 9.29. The van der Waals surface area contributed by atoms with Crippen molar-refractivity contribution in [1.82, 2.24) is 10.6 Å². The third-order valence-corrected chi connectivity index (χ3v) is 4.85. The Morgan fingerprint density at radius 1 is 1.24 bits per heavy atom. The monoisotopic (exact) mass is 285 g/mol. The highest BCUT2D eigenvalue weighted by molar-refractivity contribution is 6.07. The predicted octanol–water partition coefficient (Wildman–Crippen LogP) is 1.15. The van der Waals surface area contributed by atoms with Crippen LogP contribution in [0.3, 0.4) is 0 Å². The number of carbonyl (C=O) groups is 2. The molecule has 3 N–H and O–H groups in total. The summed E-state index contributed by atoms with van der Waals surface area (Å²) in [7, 11) is 0. The Balaban J connectivity index is 1.70. The summed E-state index contributed by atoms with van der Waals surface area (Å²) in [5.41, 5.74) is 2.08. The Morgan fingerprint density at radius 3 is 2.71 bits per heavy atom. The van der Waals surface area contributed by atoms with Crippen molar-refractivity contribution in [2.45, 2.75) is 37.1 Å². The highest BCUT2D eigenvalue weighted by Gasteiger charge is 2.47. The zero-order chi connectivity index (χ0) is 14.4. The van der Waals surface area contributed by atoms with Crippen LogP contribution in [0.1, 0.15) is 41.6 Å². The van der Waals surface area contributed by atoms with Crippen LogP contribution in [0.15, 0.2) is 18.2 Å². The number of anilines is 1. The lowest BCUT2D eigenvalue weighted by molar-refractivity contribution is -0.121. The fourth-order valence-electron chi connectivity index (χ4n) is 3.40. The van der Waals surface area contributed by atoms with Crippen LogP contribution in [0.2, 0.25) is 0 Å². The van der Waals surface area contributed by atoms with Gasteiger partial charge in [0.2, 0.25) is 5.91 Å². The number of nitrogens with one attached hydrogen (secondary N) is 3. The first-order valence-electron chi connectivity index (χ1n) is 7.67. The molecule has 2 heterocycles. The lowest BCUT2D eigenvalue weighted by Gasteiger charge is -2.32. The Labute approximate surface area is 123 Å². The van der Waals surface area contributed by atoms with Gasteiger partial charge in [-0.1, -0.05) is 0 Å². The molecule has 1 aromatic carbocycles. The van der Waals surface area contributed by atoms with Crippen LogP contribution in [0.5, 0.6) is 0 Å². The first-order chi connectivity index (χ1) is 10.2. The van der Waals surface area contributed by atoms with E-state index >= 15 is 0 Å². The second kappa shape index (κ2) is 4.56. The van der Waals surface area contributed by atoms with E-state index in [4.69, 9.17) is 0 Å². The van der Waals surface area contributed by atoms with Gasteiger partial charge in [0.15, 0.2) is 0 Å². The van der Waals surface area contributed by atoms with Gasteiger partial charge < -0.3 is 16.0 Å². The molecule has 3 aliphatic rings. The van der Waals surface area contributed by atoms with Gasteiger partial charge in [0, 0.05) is 17.3 Å². The third-order valence-electron chi connectivity index (χ3n) is 4.85. The maximum absolute atomic E-state index is 12.4. The van der Waals surface area contributed by atoms with Crippen LogP contribution in [0.25, 0.3) is 0 Å². The number of hydrogen-bond acceptors (Lipinski definition) is 3. The average molecular weight is 285 g/mol. The molecule has 1 saturated carbocycles. The highest BCUT2D eigenvalue weighted by atomic mass is 16.2. The molecule has 0 radical (unpaired) electrons. The number of hydrogen-bond donors (Lipinski definition) is 3. The zero-order valence-electron chi connectivity index (χ0n) is 11.9. The highest BCUT2D eigenvalue weighted by Crippen LogP contribution is 2.44. The standard InChI is InChI=1S/C16H19N3O2/c20-14(18-11-2-3-11)10-1-4-13-12(9-10)16(15(21)19-13)5-7-17-8-6-16/h1,4,9,11,17H,2-3,5-8H2,(H,18,20)(H,19,21). The Bertz CT molecular complexity index is 616. The molecule has 2 fully saturated rings. The van der Waals surface area contributed by atoms with Crippen LogP contribution < -0.4 is 16.0 Å². The van der Waals surface area contributed by atoms with Gasteiger partial charge in [-0.2, -0.15) is 0 Å². The largest absolute Gasteiger partial charge is 0.349 e. The molecule has 5 nitrogen and oxygen atoms in total. The minimum absolute atomic E-state index is 0.0243. The number of rotatable bonds is 2. The van der Waals surface area contributed by atoms with E-state index in [2.05, 4.69) is 16.0 Å². The van der Waals surface area contributed by atoms with Gasteiger partial charge in [-0.25, -0.2) is 0 Å². The third kappa shape index (κ3) is 2.03. The summed E-state index contributed by atoms with van der Waals surface area (Å²) < 4.78 is 0. The Morgan fingerprint density at radius 2 is 2.00 bits per heavy atom. The number of piperidine rings is 1. The lowest BCUT2D eigenvalue weighted by atomic mass is 9.74. The molecule has 1 saturated heterocycles. The van der Waals surface area contributed by atoms with E-state index in [1.54, 1.807) is 6.07 Å². The summed E-state index contributed by atoms with van der Waals surface area (Å²) in [6.07, 6.45) is 3.73. The molecule has 1 aliphatic carbocycles. The van der Waals surface area contributed by atoms with Crippen molar-refractivity contribution in [1.29, 1.82) is 0 Å². The summed E-state index contributed by atoms with van der Waals surface area (Å²) in [5.74, 6) is 0.0579. The normalized spacial score (nSPS) is 22.8. The fourth-order valence-corrected chi connectivity index (χ4v) is 3.40. The average Bonchev–Trinajstić information content (AvgIpc) is 3.27. The predicted molar refractivity (Wildman–Crippen MR) is 79.3 cm³/mol. The molecule has 1 spiro atoms. The van der Waals surface area contributed by atoms with Gasteiger partial charge in [0.1, 0.15) is 0 Å². The molecule has 0 unspecified atom stereocenters. The van der Waals surface area contributed by atoms with Gasteiger partial charge in [-0.15, -0.1) is 0 Å². The maximum Gasteiger partial charge on any atom is 0.251 e. The van der Waals surface area contributed by atoms with Crippen molar-refractivity contribution in [3.63, 3.8) is 0 Å². The first kappa shape index (κ1) is 12.8. The lowest BCUT2D eigenvalue weighted by Crippen LogP contribution is -2.44. The molecule has 1 aromatic rings. The van der Waals surface area contributed by atoms with Crippen LogP contribution in [-0.4, -0.2) is 30.9 Å². The molecular weight excluding hydrogens is 266 g/mol. The zero-order valence-corrected chi connectivity index (χ0v) is 11.9.